The molecular formula is C11H11N2O3. The fourth-order valence-electron chi connectivity index (χ4n) is 1.05. The molecule has 0 aliphatic carbocycles. The van der Waals surface area contributed by atoms with Crippen molar-refractivity contribution in [2.45, 2.75) is 0 Å². The highest BCUT2D eigenvalue weighted by atomic mass is 16.2. The molecule has 5 nitrogen and oxygen atoms in total. The topological polar surface area (TPSA) is 75.3 Å². The van der Waals surface area contributed by atoms with Gasteiger partial charge in [-0.1, -0.05) is 18.2 Å². The lowest BCUT2D eigenvalue weighted by atomic mass is 10.2. The highest BCUT2D eigenvalue weighted by molar-refractivity contribution is 5.96. The Labute approximate surface area is 92.8 Å². The lowest BCUT2D eigenvalue weighted by Gasteiger charge is -2.04. The van der Waals surface area contributed by atoms with Crippen LogP contribution in [0.15, 0.2) is 30.3 Å². The fourth-order valence-corrected chi connectivity index (χ4v) is 1.05. The van der Waals surface area contributed by atoms with Crippen LogP contribution >= 0.6 is 0 Å². The van der Waals surface area contributed by atoms with Crippen LogP contribution in [-0.2, 0) is 9.59 Å². The van der Waals surface area contributed by atoms with Crippen LogP contribution in [0.2, 0.25) is 0 Å². The van der Waals surface area contributed by atoms with Crippen LogP contribution in [0.4, 0.5) is 0 Å². The standard InChI is InChI=1S/C11H11N2O3/c14-7-6-12-10(15)8-13-11(16)9-4-2-1-3-5-9/h1-5H,6,8H2,(H,12,15)(H,13,16). The number of carbonyl (C=O) groups is 2. The molecule has 0 fully saturated rings. The molecule has 16 heavy (non-hydrogen) atoms. The van der Waals surface area contributed by atoms with Crippen molar-refractivity contribution in [1.29, 1.82) is 0 Å². The van der Waals surface area contributed by atoms with Crippen molar-refractivity contribution >= 4 is 18.1 Å². The molecule has 1 radical (unpaired) electrons. The smallest absolute Gasteiger partial charge is 0.251 e. The lowest BCUT2D eigenvalue weighted by molar-refractivity contribution is -0.119. The van der Waals surface area contributed by atoms with E-state index in [1.54, 1.807) is 30.3 Å². The van der Waals surface area contributed by atoms with Gasteiger partial charge in [-0.15, -0.1) is 0 Å². The molecule has 1 aromatic rings. The van der Waals surface area contributed by atoms with E-state index in [0.29, 0.717) is 5.56 Å². The number of hydrogen-bond donors (Lipinski definition) is 2. The third-order valence-corrected chi connectivity index (χ3v) is 1.80. The molecular weight excluding hydrogens is 208 g/mol. The summed E-state index contributed by atoms with van der Waals surface area (Å²) >= 11 is 0. The summed E-state index contributed by atoms with van der Waals surface area (Å²) in [6, 6.07) is 8.55. The Bertz CT molecular complexity index is 376. The van der Waals surface area contributed by atoms with Crippen molar-refractivity contribution in [3.8, 4) is 0 Å². The largest absolute Gasteiger partial charge is 0.347 e. The molecule has 1 rings (SSSR count). The van der Waals surface area contributed by atoms with Gasteiger partial charge >= 0.3 is 0 Å². The Kier molecular flexibility index (Phi) is 4.72. The van der Waals surface area contributed by atoms with E-state index in [9.17, 15) is 14.4 Å². The average molecular weight is 219 g/mol. The summed E-state index contributed by atoms with van der Waals surface area (Å²) in [5.74, 6) is -0.751. The average Bonchev–Trinajstić information content (AvgIpc) is 2.34. The molecule has 1 aromatic carbocycles. The van der Waals surface area contributed by atoms with Crippen LogP contribution in [0.25, 0.3) is 0 Å². The molecule has 0 saturated heterocycles. The first-order valence-electron chi connectivity index (χ1n) is 4.69. The molecule has 2 amide bonds. The molecule has 0 bridgehead atoms. The second kappa shape index (κ2) is 6.34. The van der Waals surface area contributed by atoms with Gasteiger partial charge in [0.15, 0.2) is 0 Å². The van der Waals surface area contributed by atoms with Crippen LogP contribution in [0, 0.1) is 0 Å². The number of carbonyl (C=O) groups excluding carboxylic acids is 3. The Morgan fingerprint density at radius 3 is 2.44 bits per heavy atom. The molecule has 0 spiro atoms. The molecule has 0 atom stereocenters. The lowest BCUT2D eigenvalue weighted by Crippen LogP contribution is -2.37. The first-order chi connectivity index (χ1) is 7.74. The summed E-state index contributed by atoms with van der Waals surface area (Å²) in [4.78, 5) is 32.3. The minimum Gasteiger partial charge on any atom is -0.347 e. The number of nitrogens with one attached hydrogen (secondary N) is 2. The second-order valence-electron chi connectivity index (χ2n) is 2.97. The predicted octanol–water partition coefficient (Wildman–Crippen LogP) is -0.358. The van der Waals surface area contributed by atoms with Gasteiger partial charge in [0.2, 0.25) is 12.2 Å². The molecule has 0 unspecified atom stereocenters. The third-order valence-electron chi connectivity index (χ3n) is 1.80. The van der Waals surface area contributed by atoms with E-state index in [0.717, 1.165) is 0 Å². The van der Waals surface area contributed by atoms with Crippen molar-refractivity contribution in [1.82, 2.24) is 10.6 Å². The molecule has 83 valence electrons. The number of rotatable bonds is 5. The van der Waals surface area contributed by atoms with E-state index >= 15 is 0 Å². The van der Waals surface area contributed by atoms with E-state index in [-0.39, 0.29) is 19.0 Å². The van der Waals surface area contributed by atoms with E-state index < -0.39 is 5.91 Å². The molecule has 0 aliphatic heterocycles. The maximum atomic E-state index is 11.5. The van der Waals surface area contributed by atoms with Crippen LogP contribution in [-0.4, -0.2) is 31.2 Å². The van der Waals surface area contributed by atoms with Gasteiger partial charge in [0.05, 0.1) is 13.1 Å². The van der Waals surface area contributed by atoms with Gasteiger partial charge in [0, 0.05) is 5.56 Å². The maximum absolute atomic E-state index is 11.5. The fraction of sp³-hybridized carbons (Fsp3) is 0.182. The van der Waals surface area contributed by atoms with Gasteiger partial charge in [-0.05, 0) is 12.1 Å². The summed E-state index contributed by atoms with van der Waals surface area (Å²) in [7, 11) is 0. The van der Waals surface area contributed by atoms with E-state index in [1.165, 1.54) is 6.29 Å². The minimum atomic E-state index is -0.423. The number of hydrogen-bond acceptors (Lipinski definition) is 3. The quantitative estimate of drug-likeness (QED) is 0.710. The normalized spacial score (nSPS) is 9.25. The maximum Gasteiger partial charge on any atom is 0.251 e. The Morgan fingerprint density at radius 2 is 1.81 bits per heavy atom. The van der Waals surface area contributed by atoms with Crippen LogP contribution < -0.4 is 10.6 Å². The summed E-state index contributed by atoms with van der Waals surface area (Å²) < 4.78 is 0. The van der Waals surface area contributed by atoms with Crippen LogP contribution in [0.3, 0.4) is 0 Å². The minimum absolute atomic E-state index is 0.157. The zero-order valence-corrected chi connectivity index (χ0v) is 8.53. The molecule has 0 saturated carbocycles. The Balaban J connectivity index is 2.36. The first kappa shape index (κ1) is 11.9. The van der Waals surface area contributed by atoms with Crippen molar-refractivity contribution in [3.05, 3.63) is 35.9 Å². The van der Waals surface area contributed by atoms with Crippen LogP contribution in [0.1, 0.15) is 10.4 Å². The molecule has 0 aromatic heterocycles. The van der Waals surface area contributed by atoms with Crippen molar-refractivity contribution in [2.24, 2.45) is 0 Å². The van der Waals surface area contributed by atoms with Gasteiger partial charge in [-0.3, -0.25) is 14.4 Å². The molecule has 0 heterocycles. The Hall–Kier alpha value is -2.17. The van der Waals surface area contributed by atoms with E-state index in [2.05, 4.69) is 10.6 Å². The summed E-state index contributed by atoms with van der Waals surface area (Å²) in [5.41, 5.74) is 0.484. The Morgan fingerprint density at radius 1 is 1.12 bits per heavy atom. The molecule has 0 aliphatic rings. The van der Waals surface area contributed by atoms with E-state index in [1.807, 2.05) is 0 Å². The summed E-state index contributed by atoms with van der Waals surface area (Å²) in [6.07, 6.45) is 1.52. The van der Waals surface area contributed by atoms with Gasteiger partial charge in [-0.2, -0.15) is 0 Å². The summed E-state index contributed by atoms with van der Waals surface area (Å²) in [5, 5.41) is 4.69. The predicted molar refractivity (Wildman–Crippen MR) is 57.5 cm³/mol. The van der Waals surface area contributed by atoms with Gasteiger partial charge in [-0.25, -0.2) is 0 Å². The second-order valence-corrected chi connectivity index (χ2v) is 2.97. The number of benzene rings is 1. The zero-order valence-electron chi connectivity index (χ0n) is 8.53. The molecule has 5 heteroatoms. The highest BCUT2D eigenvalue weighted by Crippen LogP contribution is 1.96. The first-order valence-corrected chi connectivity index (χ1v) is 4.69. The van der Waals surface area contributed by atoms with Crippen molar-refractivity contribution in [2.75, 3.05) is 13.1 Å². The van der Waals surface area contributed by atoms with Gasteiger partial charge in [0.1, 0.15) is 0 Å². The van der Waals surface area contributed by atoms with E-state index in [4.69, 9.17) is 0 Å². The van der Waals surface area contributed by atoms with Gasteiger partial charge in [0.25, 0.3) is 5.91 Å². The van der Waals surface area contributed by atoms with Crippen molar-refractivity contribution < 1.29 is 14.4 Å². The zero-order chi connectivity index (χ0) is 11.8. The third kappa shape index (κ3) is 3.91. The SMILES string of the molecule is O=[C]CNC(=O)CNC(=O)c1ccccc1. The van der Waals surface area contributed by atoms with Crippen molar-refractivity contribution in [3.63, 3.8) is 0 Å². The number of amides is 2. The highest BCUT2D eigenvalue weighted by Gasteiger charge is 2.06. The monoisotopic (exact) mass is 219 g/mol. The van der Waals surface area contributed by atoms with Gasteiger partial charge < -0.3 is 10.6 Å². The molecule has 2 N–H and O–H groups in total. The van der Waals surface area contributed by atoms with Crippen LogP contribution in [0.5, 0.6) is 0 Å². The summed E-state index contributed by atoms with van der Waals surface area (Å²) in [6.45, 7) is -0.324.